The number of imidazole rings is 1. The number of rotatable bonds is 5. The molecule has 0 aliphatic carbocycles. The molecular weight excluding hydrogens is 330 g/mol. The lowest BCUT2D eigenvalue weighted by atomic mass is 9.96. The lowest BCUT2D eigenvalue weighted by Gasteiger charge is -2.24. The van der Waals surface area contributed by atoms with Crippen molar-refractivity contribution < 1.29 is 4.79 Å². The number of carbonyl (C=O) groups is 1. The summed E-state index contributed by atoms with van der Waals surface area (Å²) >= 11 is 0. The van der Waals surface area contributed by atoms with Gasteiger partial charge in [0.25, 0.3) is 5.91 Å². The Morgan fingerprint density at radius 2 is 2.31 bits per heavy atom. The van der Waals surface area contributed by atoms with Gasteiger partial charge >= 0.3 is 0 Å². The zero-order valence-corrected chi connectivity index (χ0v) is 14.2. The first-order valence-corrected chi connectivity index (χ1v) is 8.57. The highest BCUT2D eigenvalue weighted by atomic mass is 16.1. The van der Waals surface area contributed by atoms with Crippen molar-refractivity contribution in [1.29, 1.82) is 5.26 Å². The Labute approximate surface area is 150 Å². The Morgan fingerprint density at radius 3 is 3.12 bits per heavy atom. The van der Waals surface area contributed by atoms with Crippen molar-refractivity contribution in [1.82, 2.24) is 24.5 Å². The van der Waals surface area contributed by atoms with E-state index in [4.69, 9.17) is 11.0 Å². The number of nitrogens with two attached hydrogens (primary N) is 1. The molecular formula is C18H19N7O. The molecule has 0 spiro atoms. The number of primary amides is 1. The molecule has 1 aliphatic heterocycles. The first-order chi connectivity index (χ1) is 12.7. The fourth-order valence-electron chi connectivity index (χ4n) is 3.51. The molecule has 0 fully saturated rings. The van der Waals surface area contributed by atoms with Gasteiger partial charge in [0, 0.05) is 25.8 Å². The largest absolute Gasteiger partial charge is 0.365 e. The van der Waals surface area contributed by atoms with E-state index in [-0.39, 0.29) is 0 Å². The van der Waals surface area contributed by atoms with Crippen molar-refractivity contribution in [2.75, 3.05) is 6.54 Å². The second kappa shape index (κ2) is 6.61. The monoisotopic (exact) mass is 349 g/mol. The molecule has 3 N–H and O–H groups in total. The molecule has 0 bridgehead atoms. The molecule has 3 aromatic heterocycles. The predicted molar refractivity (Wildman–Crippen MR) is 94.2 cm³/mol. The third kappa shape index (κ3) is 2.93. The molecule has 0 aromatic carbocycles. The molecule has 0 saturated heterocycles. The molecule has 0 radical (unpaired) electrons. The average molecular weight is 349 g/mol. The van der Waals surface area contributed by atoms with Crippen LogP contribution in [0, 0.1) is 17.2 Å². The molecule has 4 rings (SSSR count). The van der Waals surface area contributed by atoms with Gasteiger partial charge in [0.1, 0.15) is 11.7 Å². The second-order valence-electron chi connectivity index (χ2n) is 6.59. The summed E-state index contributed by atoms with van der Waals surface area (Å²) in [5.74, 6) is 0.0316. The van der Waals surface area contributed by atoms with Gasteiger partial charge in [-0.3, -0.25) is 9.48 Å². The zero-order chi connectivity index (χ0) is 18.1. The van der Waals surface area contributed by atoms with Crippen LogP contribution in [0.25, 0.3) is 5.65 Å². The number of hydrogen-bond acceptors (Lipinski definition) is 5. The van der Waals surface area contributed by atoms with Crippen LogP contribution >= 0.6 is 0 Å². The topological polar surface area (TPSA) is 114 Å². The summed E-state index contributed by atoms with van der Waals surface area (Å²) in [6.45, 7) is 2.29. The van der Waals surface area contributed by atoms with E-state index in [0.29, 0.717) is 23.6 Å². The minimum absolute atomic E-state index is 0.410. The summed E-state index contributed by atoms with van der Waals surface area (Å²) in [6.07, 6.45) is 7.01. The van der Waals surface area contributed by atoms with E-state index in [1.165, 1.54) is 0 Å². The van der Waals surface area contributed by atoms with Crippen LogP contribution in [0.15, 0.2) is 30.7 Å². The number of aromatic nitrogens is 4. The summed E-state index contributed by atoms with van der Waals surface area (Å²) < 4.78 is 3.83. The average Bonchev–Trinajstić information content (AvgIpc) is 3.25. The lowest BCUT2D eigenvalue weighted by Crippen LogP contribution is -2.31. The van der Waals surface area contributed by atoms with Crippen molar-refractivity contribution in [3.05, 3.63) is 53.2 Å². The number of carbonyl (C=O) groups excluding carboxylic acids is 1. The van der Waals surface area contributed by atoms with E-state index < -0.39 is 5.91 Å². The van der Waals surface area contributed by atoms with Gasteiger partial charge in [-0.15, -0.1) is 0 Å². The van der Waals surface area contributed by atoms with Crippen LogP contribution < -0.4 is 11.1 Å². The zero-order valence-electron chi connectivity index (χ0n) is 14.2. The molecule has 8 heteroatoms. The molecule has 8 nitrogen and oxygen atoms in total. The Morgan fingerprint density at radius 1 is 1.42 bits per heavy atom. The number of nitrogens with one attached hydrogen (secondary N) is 1. The fourth-order valence-corrected chi connectivity index (χ4v) is 3.51. The van der Waals surface area contributed by atoms with Gasteiger partial charge in [0.2, 0.25) is 0 Å². The van der Waals surface area contributed by atoms with Crippen molar-refractivity contribution in [2.45, 2.75) is 25.9 Å². The highest BCUT2D eigenvalue weighted by Gasteiger charge is 2.23. The molecule has 1 amide bonds. The van der Waals surface area contributed by atoms with Gasteiger partial charge in [-0.2, -0.15) is 10.4 Å². The SMILES string of the molecule is N#Cc1ccc2ncc(CNC[C@@H]3CCc4c(C(N)=O)cnn4C3)n2c1. The molecule has 132 valence electrons. The van der Waals surface area contributed by atoms with E-state index in [1.54, 1.807) is 18.5 Å². The number of amides is 1. The Kier molecular flexibility index (Phi) is 4.14. The second-order valence-corrected chi connectivity index (χ2v) is 6.59. The van der Waals surface area contributed by atoms with Gasteiger partial charge in [0.15, 0.2) is 0 Å². The molecule has 1 aliphatic rings. The van der Waals surface area contributed by atoms with Crippen molar-refractivity contribution >= 4 is 11.6 Å². The number of hydrogen-bond donors (Lipinski definition) is 2. The van der Waals surface area contributed by atoms with Gasteiger partial charge in [0.05, 0.1) is 34.9 Å². The maximum Gasteiger partial charge on any atom is 0.252 e. The van der Waals surface area contributed by atoms with Crippen LogP contribution in [-0.2, 0) is 19.5 Å². The van der Waals surface area contributed by atoms with Crippen LogP contribution in [0.5, 0.6) is 0 Å². The molecule has 3 aromatic rings. The van der Waals surface area contributed by atoms with Gasteiger partial charge in [-0.25, -0.2) is 4.98 Å². The summed E-state index contributed by atoms with van der Waals surface area (Å²) in [6, 6.07) is 5.77. The summed E-state index contributed by atoms with van der Waals surface area (Å²) in [5.41, 5.74) is 9.33. The number of nitriles is 1. The van der Waals surface area contributed by atoms with Crippen LogP contribution in [0.2, 0.25) is 0 Å². The summed E-state index contributed by atoms with van der Waals surface area (Å²) in [7, 11) is 0. The molecule has 0 saturated carbocycles. The highest BCUT2D eigenvalue weighted by molar-refractivity contribution is 5.93. The van der Waals surface area contributed by atoms with Gasteiger partial charge < -0.3 is 15.5 Å². The van der Waals surface area contributed by atoms with Crippen molar-refractivity contribution in [3.8, 4) is 6.07 Å². The van der Waals surface area contributed by atoms with Crippen LogP contribution in [0.1, 0.15) is 33.7 Å². The van der Waals surface area contributed by atoms with E-state index in [9.17, 15) is 4.79 Å². The maximum atomic E-state index is 11.4. The Bertz CT molecular complexity index is 1010. The summed E-state index contributed by atoms with van der Waals surface area (Å²) in [4.78, 5) is 15.8. The predicted octanol–water partition coefficient (Wildman–Crippen LogP) is 0.854. The number of fused-ring (bicyclic) bond motifs is 2. The first-order valence-electron chi connectivity index (χ1n) is 8.57. The van der Waals surface area contributed by atoms with Crippen LogP contribution in [0.3, 0.4) is 0 Å². The van der Waals surface area contributed by atoms with Crippen LogP contribution in [-0.4, -0.2) is 31.6 Å². The molecule has 26 heavy (non-hydrogen) atoms. The normalized spacial score (nSPS) is 16.3. The van der Waals surface area contributed by atoms with E-state index in [0.717, 1.165) is 43.0 Å². The van der Waals surface area contributed by atoms with Crippen molar-refractivity contribution in [2.24, 2.45) is 11.7 Å². The lowest BCUT2D eigenvalue weighted by molar-refractivity contribution is 0.0998. The number of pyridine rings is 1. The third-order valence-electron chi connectivity index (χ3n) is 4.89. The molecule has 4 heterocycles. The van der Waals surface area contributed by atoms with Crippen LogP contribution in [0.4, 0.5) is 0 Å². The van der Waals surface area contributed by atoms with Gasteiger partial charge in [-0.05, 0) is 30.9 Å². The van der Waals surface area contributed by atoms with E-state index in [2.05, 4.69) is 21.5 Å². The third-order valence-corrected chi connectivity index (χ3v) is 4.89. The van der Waals surface area contributed by atoms with Gasteiger partial charge in [-0.1, -0.05) is 0 Å². The summed E-state index contributed by atoms with van der Waals surface area (Å²) in [5, 5.41) is 16.8. The molecule has 0 unspecified atom stereocenters. The smallest absolute Gasteiger partial charge is 0.252 e. The minimum atomic E-state index is -0.410. The Hall–Kier alpha value is -3.18. The first kappa shape index (κ1) is 16.3. The fraction of sp³-hybridized carbons (Fsp3) is 0.333. The molecule has 1 atom stereocenters. The van der Waals surface area contributed by atoms with E-state index in [1.807, 2.05) is 21.3 Å². The minimum Gasteiger partial charge on any atom is -0.365 e. The highest BCUT2D eigenvalue weighted by Crippen LogP contribution is 2.22. The number of nitrogens with zero attached hydrogens (tertiary/aromatic N) is 5. The standard InChI is InChI=1S/C18H19N7O/c19-5-12-2-4-17-22-8-14(24(17)10-12)7-21-6-13-1-3-16-15(18(20)26)9-23-25(16)11-13/h2,4,8-10,13,21H,1,3,6-7,11H2,(H2,20,26)/t13-/m0/s1. The quantitative estimate of drug-likeness (QED) is 0.709. The Balaban J connectivity index is 1.38. The van der Waals surface area contributed by atoms with E-state index >= 15 is 0 Å². The maximum absolute atomic E-state index is 11.4. The van der Waals surface area contributed by atoms with Crippen molar-refractivity contribution in [3.63, 3.8) is 0 Å².